The summed E-state index contributed by atoms with van der Waals surface area (Å²) in [7, 11) is -0.150. The zero-order valence-electron chi connectivity index (χ0n) is 16.9. The monoisotopic (exact) mass is 416 g/mol. The summed E-state index contributed by atoms with van der Waals surface area (Å²) in [6.07, 6.45) is 0. The van der Waals surface area contributed by atoms with Crippen molar-refractivity contribution >= 4 is 21.6 Å². The van der Waals surface area contributed by atoms with Crippen LogP contribution in [0.1, 0.15) is 5.56 Å². The molecule has 0 radical (unpaired) electrons. The molecule has 1 saturated heterocycles. The molecule has 1 aliphatic heterocycles. The van der Waals surface area contributed by atoms with Gasteiger partial charge in [0.05, 0.1) is 11.4 Å². The number of amides is 1. The molecule has 0 atom stereocenters. The summed E-state index contributed by atoms with van der Waals surface area (Å²) in [6, 6.07) is 15.8. The Kier molecular flexibility index (Phi) is 7.02. The standard InChI is InChI=1S/C21H28N4O3S/c1-23-12-14-25(15-13-23)16-18-8-10-19(11-9-18)22-21(26)17-24(2)29(27,28)20-6-4-3-5-7-20/h3-11H,12-17H2,1-2H3,(H,22,26). The summed E-state index contributed by atoms with van der Waals surface area (Å²) in [5.74, 6) is -0.376. The summed E-state index contributed by atoms with van der Waals surface area (Å²) in [6.45, 7) is 4.90. The molecule has 1 amide bonds. The molecular weight excluding hydrogens is 388 g/mol. The molecule has 0 aromatic heterocycles. The van der Waals surface area contributed by atoms with Crippen LogP contribution in [0.3, 0.4) is 0 Å². The zero-order valence-corrected chi connectivity index (χ0v) is 17.7. The topological polar surface area (TPSA) is 73.0 Å². The molecule has 0 aliphatic carbocycles. The van der Waals surface area contributed by atoms with E-state index in [4.69, 9.17) is 0 Å². The first-order chi connectivity index (χ1) is 13.8. The van der Waals surface area contributed by atoms with Crippen LogP contribution in [0.15, 0.2) is 59.5 Å². The SMILES string of the molecule is CN1CCN(Cc2ccc(NC(=O)CN(C)S(=O)(=O)c3ccccc3)cc2)CC1. The highest BCUT2D eigenvalue weighted by atomic mass is 32.2. The highest BCUT2D eigenvalue weighted by Crippen LogP contribution is 2.15. The lowest BCUT2D eigenvalue weighted by atomic mass is 10.2. The van der Waals surface area contributed by atoms with Crippen LogP contribution in [0, 0.1) is 0 Å². The predicted molar refractivity (Wildman–Crippen MR) is 114 cm³/mol. The highest BCUT2D eigenvalue weighted by molar-refractivity contribution is 7.89. The Morgan fingerprint density at radius 2 is 1.62 bits per heavy atom. The van der Waals surface area contributed by atoms with Gasteiger partial charge in [-0.05, 0) is 36.9 Å². The summed E-state index contributed by atoms with van der Waals surface area (Å²) in [4.78, 5) is 17.2. The van der Waals surface area contributed by atoms with Crippen molar-refractivity contribution in [3.8, 4) is 0 Å². The van der Waals surface area contributed by atoms with E-state index in [-0.39, 0.29) is 17.3 Å². The van der Waals surface area contributed by atoms with Gasteiger partial charge in [0, 0.05) is 45.5 Å². The van der Waals surface area contributed by atoms with Crippen molar-refractivity contribution in [3.63, 3.8) is 0 Å². The van der Waals surface area contributed by atoms with E-state index in [1.165, 1.54) is 24.7 Å². The number of nitrogens with one attached hydrogen (secondary N) is 1. The molecule has 2 aromatic carbocycles. The second-order valence-electron chi connectivity index (χ2n) is 7.40. The molecule has 2 aromatic rings. The van der Waals surface area contributed by atoms with Crippen molar-refractivity contribution in [2.75, 3.05) is 52.1 Å². The first-order valence-corrected chi connectivity index (χ1v) is 11.1. The lowest BCUT2D eigenvalue weighted by molar-refractivity contribution is -0.116. The minimum Gasteiger partial charge on any atom is -0.325 e. The summed E-state index contributed by atoms with van der Waals surface area (Å²) in [5, 5.41) is 2.77. The normalized spacial score (nSPS) is 16.1. The van der Waals surface area contributed by atoms with Crippen molar-refractivity contribution in [1.29, 1.82) is 0 Å². The van der Waals surface area contributed by atoms with E-state index in [0.29, 0.717) is 5.69 Å². The van der Waals surface area contributed by atoms with Crippen LogP contribution in [0.5, 0.6) is 0 Å². The second kappa shape index (κ2) is 9.49. The fraction of sp³-hybridized carbons (Fsp3) is 0.381. The van der Waals surface area contributed by atoms with Gasteiger partial charge < -0.3 is 10.2 Å². The maximum atomic E-state index is 12.5. The smallest absolute Gasteiger partial charge is 0.243 e. The first kappa shape index (κ1) is 21.4. The van der Waals surface area contributed by atoms with Gasteiger partial charge in [-0.1, -0.05) is 30.3 Å². The number of carbonyl (C=O) groups excluding carboxylic acids is 1. The van der Waals surface area contributed by atoms with Crippen molar-refractivity contribution in [1.82, 2.24) is 14.1 Å². The third kappa shape index (κ3) is 5.86. The van der Waals surface area contributed by atoms with Gasteiger partial charge in [-0.15, -0.1) is 0 Å². The number of hydrogen-bond acceptors (Lipinski definition) is 5. The van der Waals surface area contributed by atoms with E-state index in [2.05, 4.69) is 22.2 Å². The Morgan fingerprint density at radius 1 is 1.00 bits per heavy atom. The fourth-order valence-electron chi connectivity index (χ4n) is 3.22. The molecule has 1 N–H and O–H groups in total. The summed E-state index contributed by atoms with van der Waals surface area (Å²) in [5.41, 5.74) is 1.85. The van der Waals surface area contributed by atoms with Gasteiger partial charge in [-0.25, -0.2) is 8.42 Å². The molecule has 3 rings (SSSR count). The molecule has 29 heavy (non-hydrogen) atoms. The van der Waals surface area contributed by atoms with Crippen LogP contribution in [0.2, 0.25) is 0 Å². The number of piperazine rings is 1. The van der Waals surface area contributed by atoms with E-state index in [1.807, 2.05) is 24.3 Å². The van der Waals surface area contributed by atoms with Crippen molar-refractivity contribution in [2.24, 2.45) is 0 Å². The van der Waals surface area contributed by atoms with E-state index in [9.17, 15) is 13.2 Å². The first-order valence-electron chi connectivity index (χ1n) is 9.66. The quantitative estimate of drug-likeness (QED) is 0.744. The van der Waals surface area contributed by atoms with E-state index >= 15 is 0 Å². The lowest BCUT2D eigenvalue weighted by Crippen LogP contribution is -2.43. The Labute approximate surface area is 173 Å². The van der Waals surface area contributed by atoms with Gasteiger partial charge >= 0.3 is 0 Å². The molecular formula is C21H28N4O3S. The number of benzene rings is 2. The van der Waals surface area contributed by atoms with Gasteiger partial charge in [0.1, 0.15) is 0 Å². The Bertz CT molecular complexity index is 909. The van der Waals surface area contributed by atoms with Gasteiger partial charge in [0.2, 0.25) is 15.9 Å². The number of likely N-dealkylation sites (N-methyl/N-ethyl adjacent to an activating group) is 2. The lowest BCUT2D eigenvalue weighted by Gasteiger charge is -2.32. The Hall–Kier alpha value is -2.26. The molecule has 0 unspecified atom stereocenters. The minimum atomic E-state index is -3.69. The van der Waals surface area contributed by atoms with Gasteiger partial charge in [-0.2, -0.15) is 4.31 Å². The van der Waals surface area contributed by atoms with Crippen LogP contribution in [0.25, 0.3) is 0 Å². The van der Waals surface area contributed by atoms with Crippen LogP contribution >= 0.6 is 0 Å². The third-order valence-corrected chi connectivity index (χ3v) is 6.88. The largest absolute Gasteiger partial charge is 0.325 e. The minimum absolute atomic E-state index is 0.170. The number of hydrogen-bond donors (Lipinski definition) is 1. The molecule has 7 nitrogen and oxygen atoms in total. The Balaban J connectivity index is 1.52. The van der Waals surface area contributed by atoms with Crippen LogP contribution in [-0.2, 0) is 21.4 Å². The van der Waals surface area contributed by atoms with E-state index in [0.717, 1.165) is 37.0 Å². The molecule has 1 fully saturated rings. The van der Waals surface area contributed by atoms with Crippen LogP contribution in [0.4, 0.5) is 5.69 Å². The molecule has 1 heterocycles. The van der Waals surface area contributed by atoms with E-state index < -0.39 is 10.0 Å². The predicted octanol–water partition coefficient (Wildman–Crippen LogP) is 1.69. The zero-order chi connectivity index (χ0) is 20.9. The number of nitrogens with zero attached hydrogens (tertiary/aromatic N) is 3. The van der Waals surface area contributed by atoms with Crippen molar-refractivity contribution in [3.05, 3.63) is 60.2 Å². The van der Waals surface area contributed by atoms with Gasteiger partial charge in [0.15, 0.2) is 0 Å². The second-order valence-corrected chi connectivity index (χ2v) is 9.44. The maximum absolute atomic E-state index is 12.5. The molecule has 1 aliphatic rings. The average Bonchev–Trinajstić information content (AvgIpc) is 2.71. The molecule has 0 spiro atoms. The number of sulfonamides is 1. The summed E-state index contributed by atoms with van der Waals surface area (Å²) < 4.78 is 26.1. The van der Waals surface area contributed by atoms with Gasteiger partial charge in [0.25, 0.3) is 0 Å². The Morgan fingerprint density at radius 3 is 2.24 bits per heavy atom. The third-order valence-electron chi connectivity index (χ3n) is 5.06. The fourth-order valence-corrected chi connectivity index (χ4v) is 4.37. The number of carbonyl (C=O) groups is 1. The maximum Gasteiger partial charge on any atom is 0.243 e. The number of rotatable bonds is 7. The average molecular weight is 417 g/mol. The highest BCUT2D eigenvalue weighted by Gasteiger charge is 2.22. The van der Waals surface area contributed by atoms with Crippen LogP contribution in [-0.4, -0.2) is 75.2 Å². The summed E-state index contributed by atoms with van der Waals surface area (Å²) >= 11 is 0. The van der Waals surface area contributed by atoms with Gasteiger partial charge in [-0.3, -0.25) is 9.69 Å². The molecule has 156 valence electrons. The number of anilines is 1. The van der Waals surface area contributed by atoms with Crippen molar-refractivity contribution in [2.45, 2.75) is 11.4 Å². The molecule has 0 bridgehead atoms. The molecule has 8 heteroatoms. The van der Waals surface area contributed by atoms with E-state index in [1.54, 1.807) is 18.2 Å². The van der Waals surface area contributed by atoms with Crippen LogP contribution < -0.4 is 5.32 Å². The molecule has 0 saturated carbocycles. The van der Waals surface area contributed by atoms with Crippen molar-refractivity contribution < 1.29 is 13.2 Å².